The summed E-state index contributed by atoms with van der Waals surface area (Å²) in [5, 5.41) is 11.3. The second-order valence-corrected chi connectivity index (χ2v) is 8.71. The number of aliphatic hydroxyl groups excluding tert-OH is 1. The van der Waals surface area contributed by atoms with Gasteiger partial charge in [0.2, 0.25) is 0 Å². The van der Waals surface area contributed by atoms with Crippen molar-refractivity contribution in [3.05, 3.63) is 64.7 Å². The lowest BCUT2D eigenvalue weighted by molar-refractivity contribution is -0.140. The van der Waals surface area contributed by atoms with Crippen LogP contribution >= 0.6 is 0 Å². The summed E-state index contributed by atoms with van der Waals surface area (Å²) in [5.41, 5.74) is 2.26. The predicted octanol–water partition coefficient (Wildman–Crippen LogP) is 4.26. The van der Waals surface area contributed by atoms with Crippen LogP contribution in [0.2, 0.25) is 0 Å². The highest BCUT2D eigenvalue weighted by Gasteiger charge is 2.46. The number of benzene rings is 2. The second kappa shape index (κ2) is 10.3. The first-order valence-corrected chi connectivity index (χ1v) is 11.7. The molecule has 0 bridgehead atoms. The van der Waals surface area contributed by atoms with E-state index in [1.54, 1.807) is 19.2 Å². The molecule has 1 N–H and O–H groups in total. The Hall–Kier alpha value is -3.32. The van der Waals surface area contributed by atoms with E-state index in [0.717, 1.165) is 24.2 Å². The number of hydrogen-bond donors (Lipinski definition) is 1. The molecule has 7 heteroatoms. The molecule has 1 saturated heterocycles. The number of ether oxygens (including phenoxy) is 3. The van der Waals surface area contributed by atoms with Crippen LogP contribution in [0, 0.1) is 0 Å². The maximum absolute atomic E-state index is 13.2. The van der Waals surface area contributed by atoms with E-state index in [4.69, 9.17) is 14.2 Å². The van der Waals surface area contributed by atoms with Gasteiger partial charge in [-0.1, -0.05) is 19.1 Å². The topological polar surface area (TPSA) is 85.3 Å². The normalized spacial score (nSPS) is 21.0. The Bertz CT molecular complexity index is 1110. The Kier molecular flexibility index (Phi) is 7.22. The lowest BCUT2D eigenvalue weighted by Crippen LogP contribution is -2.31. The summed E-state index contributed by atoms with van der Waals surface area (Å²) >= 11 is 0. The number of rotatable bonds is 9. The Morgan fingerprint density at radius 1 is 1.18 bits per heavy atom. The van der Waals surface area contributed by atoms with Crippen LogP contribution in [-0.4, -0.2) is 54.7 Å². The van der Waals surface area contributed by atoms with E-state index in [2.05, 4.69) is 0 Å². The van der Waals surface area contributed by atoms with Gasteiger partial charge in [0.05, 0.1) is 18.2 Å². The largest absolute Gasteiger partial charge is 0.507 e. The van der Waals surface area contributed by atoms with Crippen LogP contribution < -0.4 is 9.47 Å². The number of nitrogens with zero attached hydrogens (tertiary/aromatic N) is 1. The van der Waals surface area contributed by atoms with Gasteiger partial charge in [0.1, 0.15) is 23.4 Å². The van der Waals surface area contributed by atoms with Gasteiger partial charge in [-0.15, -0.1) is 0 Å². The smallest absolute Gasteiger partial charge is 0.295 e. The van der Waals surface area contributed by atoms with E-state index < -0.39 is 17.7 Å². The van der Waals surface area contributed by atoms with Gasteiger partial charge in [0.15, 0.2) is 0 Å². The minimum Gasteiger partial charge on any atom is -0.507 e. The van der Waals surface area contributed by atoms with Crippen LogP contribution in [0.25, 0.3) is 5.76 Å². The highest BCUT2D eigenvalue weighted by Crippen LogP contribution is 2.41. The van der Waals surface area contributed by atoms with Crippen LogP contribution in [-0.2, 0) is 20.7 Å². The first kappa shape index (κ1) is 23.8. The summed E-state index contributed by atoms with van der Waals surface area (Å²) in [5.74, 6) is -0.0581. The highest BCUT2D eigenvalue weighted by molar-refractivity contribution is 6.46. The molecule has 7 nitrogen and oxygen atoms in total. The zero-order chi connectivity index (χ0) is 24.2. The van der Waals surface area contributed by atoms with Gasteiger partial charge in [-0.2, -0.15) is 0 Å². The maximum Gasteiger partial charge on any atom is 0.295 e. The van der Waals surface area contributed by atoms with Crippen molar-refractivity contribution in [3.63, 3.8) is 0 Å². The zero-order valence-corrected chi connectivity index (χ0v) is 19.9. The molecule has 0 unspecified atom stereocenters. The van der Waals surface area contributed by atoms with Crippen LogP contribution in [0.3, 0.4) is 0 Å². The van der Waals surface area contributed by atoms with Crippen molar-refractivity contribution in [2.24, 2.45) is 0 Å². The third-order valence-corrected chi connectivity index (χ3v) is 6.10. The molecule has 0 radical (unpaired) electrons. The maximum atomic E-state index is 13.2. The second-order valence-electron chi connectivity index (χ2n) is 8.71. The van der Waals surface area contributed by atoms with Crippen molar-refractivity contribution in [1.29, 1.82) is 0 Å². The van der Waals surface area contributed by atoms with E-state index in [1.807, 2.05) is 44.2 Å². The number of fused-ring (bicyclic) bond motifs is 1. The van der Waals surface area contributed by atoms with Gasteiger partial charge in [0.25, 0.3) is 11.7 Å². The first-order chi connectivity index (χ1) is 16.4. The molecule has 0 aliphatic carbocycles. The minimum absolute atomic E-state index is 0.0598. The molecule has 0 aromatic heterocycles. The summed E-state index contributed by atoms with van der Waals surface area (Å²) < 4.78 is 16.7. The molecular weight excluding hydrogens is 434 g/mol. The molecule has 2 atom stereocenters. The molecular formula is C27H31NO6. The number of Topliss-reactive ketones (excluding diaryl/α,β-unsaturated/α-hetero) is 1. The molecule has 0 spiro atoms. The fraction of sp³-hybridized carbons (Fsp3) is 0.407. The van der Waals surface area contributed by atoms with E-state index in [9.17, 15) is 14.7 Å². The van der Waals surface area contributed by atoms with Gasteiger partial charge in [-0.3, -0.25) is 9.59 Å². The molecule has 0 saturated carbocycles. The molecule has 2 aliphatic heterocycles. The van der Waals surface area contributed by atoms with Gasteiger partial charge in [-0.05, 0) is 61.2 Å². The number of carbonyl (C=O) groups is 2. The number of aliphatic hydroxyl groups is 1. The number of methoxy groups -OCH3 is 1. The van der Waals surface area contributed by atoms with E-state index in [0.29, 0.717) is 43.1 Å². The van der Waals surface area contributed by atoms with Crippen LogP contribution in [0.15, 0.2) is 48.0 Å². The summed E-state index contributed by atoms with van der Waals surface area (Å²) in [6.45, 7) is 5.36. The van der Waals surface area contributed by atoms with Crippen molar-refractivity contribution in [1.82, 2.24) is 4.90 Å². The fourth-order valence-corrected chi connectivity index (χ4v) is 4.56. The summed E-state index contributed by atoms with van der Waals surface area (Å²) in [6.07, 6.45) is 2.22. The molecule has 1 amide bonds. The van der Waals surface area contributed by atoms with Crippen molar-refractivity contribution in [3.8, 4) is 11.5 Å². The van der Waals surface area contributed by atoms with E-state index >= 15 is 0 Å². The lowest BCUT2D eigenvalue weighted by atomic mass is 9.94. The van der Waals surface area contributed by atoms with Crippen LogP contribution in [0.5, 0.6) is 11.5 Å². The monoisotopic (exact) mass is 465 g/mol. The Morgan fingerprint density at radius 3 is 2.76 bits per heavy atom. The average Bonchev–Trinajstić information content (AvgIpc) is 3.33. The van der Waals surface area contributed by atoms with Gasteiger partial charge in [0, 0.05) is 32.2 Å². The van der Waals surface area contributed by atoms with E-state index in [1.165, 1.54) is 4.90 Å². The van der Waals surface area contributed by atoms with Gasteiger partial charge in [-0.25, -0.2) is 0 Å². The molecule has 2 aromatic rings. The molecule has 2 aliphatic rings. The van der Waals surface area contributed by atoms with Gasteiger partial charge >= 0.3 is 0 Å². The molecule has 2 heterocycles. The van der Waals surface area contributed by atoms with Crippen LogP contribution in [0.1, 0.15) is 49.4 Å². The number of hydrogen-bond acceptors (Lipinski definition) is 6. The van der Waals surface area contributed by atoms with Crippen molar-refractivity contribution >= 4 is 17.4 Å². The standard InChI is InChI=1S/C27H31NO6/c1-4-12-33-21-8-5-7-18(16-21)24-23(26(30)27(31)28(24)11-6-13-32-3)25(29)19-9-10-22-20(15-19)14-17(2)34-22/h5,7-10,15-17,24,29H,4,6,11-14H2,1-3H3/b25-23+/t17-,24-/m1/s1. The minimum atomic E-state index is -0.717. The quantitative estimate of drug-likeness (QED) is 0.258. The zero-order valence-electron chi connectivity index (χ0n) is 19.9. The van der Waals surface area contributed by atoms with Crippen molar-refractivity contribution < 1.29 is 28.9 Å². The van der Waals surface area contributed by atoms with Gasteiger partial charge < -0.3 is 24.2 Å². The van der Waals surface area contributed by atoms with Crippen LogP contribution in [0.4, 0.5) is 0 Å². The SMILES string of the molecule is CCCOc1cccc([C@@H]2/C(=C(\O)c3ccc4c(c3)C[C@@H](C)O4)C(=O)C(=O)N2CCCOC)c1. The number of amides is 1. The number of carbonyl (C=O) groups excluding carboxylic acids is 2. The van der Waals surface area contributed by atoms with E-state index in [-0.39, 0.29) is 17.4 Å². The predicted molar refractivity (Wildman–Crippen MR) is 128 cm³/mol. The van der Waals surface area contributed by atoms with Crippen molar-refractivity contribution in [2.45, 2.75) is 45.3 Å². The Morgan fingerprint density at radius 2 is 2.00 bits per heavy atom. The fourth-order valence-electron chi connectivity index (χ4n) is 4.56. The van der Waals surface area contributed by atoms with Crippen molar-refractivity contribution in [2.75, 3.05) is 26.9 Å². The lowest BCUT2D eigenvalue weighted by Gasteiger charge is -2.25. The number of likely N-dealkylation sites (tertiary alicyclic amines) is 1. The average molecular weight is 466 g/mol. The third-order valence-electron chi connectivity index (χ3n) is 6.10. The molecule has 4 rings (SSSR count). The highest BCUT2D eigenvalue weighted by atomic mass is 16.5. The molecule has 180 valence electrons. The third kappa shape index (κ3) is 4.66. The summed E-state index contributed by atoms with van der Waals surface area (Å²) in [4.78, 5) is 27.8. The number of ketones is 1. The Balaban J connectivity index is 1.78. The molecule has 1 fully saturated rings. The molecule has 34 heavy (non-hydrogen) atoms. The first-order valence-electron chi connectivity index (χ1n) is 11.7. The summed E-state index contributed by atoms with van der Waals surface area (Å²) in [6, 6.07) is 12.0. The molecule has 2 aromatic carbocycles. The Labute approximate surface area is 199 Å². The summed E-state index contributed by atoms with van der Waals surface area (Å²) in [7, 11) is 1.60.